The Bertz CT molecular complexity index is 1620. The molecule has 0 spiro atoms. The molecule has 0 bridgehead atoms. The number of nitrogens with one attached hydrogen (secondary N) is 2. The number of anilines is 1. The second-order valence-electron chi connectivity index (χ2n) is 7.87. The van der Waals surface area contributed by atoms with Gasteiger partial charge in [-0.25, -0.2) is 9.37 Å². The van der Waals surface area contributed by atoms with Crippen molar-refractivity contribution in [2.24, 2.45) is 0 Å². The number of nitrogens with zero attached hydrogens (tertiary/aromatic N) is 5. The van der Waals surface area contributed by atoms with E-state index in [2.05, 4.69) is 31.2 Å². The first-order valence-electron chi connectivity index (χ1n) is 10.3. The van der Waals surface area contributed by atoms with Gasteiger partial charge in [0.1, 0.15) is 11.4 Å². The summed E-state index contributed by atoms with van der Waals surface area (Å²) in [6.07, 6.45) is 4.92. The molecular formula is C24H18FN7S. The zero-order chi connectivity index (χ0) is 22.5. The van der Waals surface area contributed by atoms with Crippen molar-refractivity contribution in [2.45, 2.75) is 0 Å². The van der Waals surface area contributed by atoms with E-state index in [0.717, 1.165) is 27.2 Å². The topological polar surface area (TPSA) is 86.4 Å². The molecule has 6 rings (SSSR count). The zero-order valence-electron chi connectivity index (χ0n) is 17.8. The Morgan fingerprint density at radius 2 is 1.91 bits per heavy atom. The zero-order valence-corrected chi connectivity index (χ0v) is 18.6. The van der Waals surface area contributed by atoms with Gasteiger partial charge in [-0.3, -0.25) is 15.1 Å². The van der Waals surface area contributed by atoms with Crippen molar-refractivity contribution < 1.29 is 4.39 Å². The van der Waals surface area contributed by atoms with Crippen LogP contribution < -0.4 is 4.90 Å². The molecule has 0 fully saturated rings. The van der Waals surface area contributed by atoms with Crippen molar-refractivity contribution in [3.05, 3.63) is 66.2 Å². The predicted molar refractivity (Wildman–Crippen MR) is 130 cm³/mol. The van der Waals surface area contributed by atoms with E-state index in [1.165, 1.54) is 0 Å². The summed E-state index contributed by atoms with van der Waals surface area (Å²) in [5, 5.41) is 9.64. The molecule has 0 saturated carbocycles. The summed E-state index contributed by atoms with van der Waals surface area (Å²) in [4.78, 5) is 19.7. The van der Waals surface area contributed by atoms with Gasteiger partial charge in [0.25, 0.3) is 0 Å². The van der Waals surface area contributed by atoms with Crippen LogP contribution in [0.1, 0.15) is 0 Å². The lowest BCUT2D eigenvalue weighted by atomic mass is 10.1. The molecule has 33 heavy (non-hydrogen) atoms. The Kier molecular flexibility index (Phi) is 4.44. The minimum atomic E-state index is -0.465. The molecule has 0 saturated heterocycles. The summed E-state index contributed by atoms with van der Waals surface area (Å²) in [7, 11) is 3.82. The Morgan fingerprint density at radius 1 is 1.00 bits per heavy atom. The van der Waals surface area contributed by atoms with Crippen molar-refractivity contribution in [1.82, 2.24) is 30.1 Å². The summed E-state index contributed by atoms with van der Waals surface area (Å²) in [6, 6.07) is 11.9. The van der Waals surface area contributed by atoms with E-state index in [-0.39, 0.29) is 5.69 Å². The minimum absolute atomic E-state index is 0.219. The summed E-state index contributed by atoms with van der Waals surface area (Å²) < 4.78 is 15.8. The molecule has 7 nitrogen and oxygen atoms in total. The van der Waals surface area contributed by atoms with Crippen LogP contribution in [0.3, 0.4) is 0 Å². The molecule has 9 heteroatoms. The number of thiophene rings is 1. The molecule has 0 aliphatic carbocycles. The summed E-state index contributed by atoms with van der Waals surface area (Å²) in [5.74, 6) is 0.0318. The van der Waals surface area contributed by atoms with Crippen molar-refractivity contribution >= 4 is 39.0 Å². The highest BCUT2D eigenvalue weighted by atomic mass is 32.1. The minimum Gasteiger partial charge on any atom is -0.376 e. The SMILES string of the molecule is CN(C)c1cncc(-c2ncc3[nH]nc(-c4nc5c(-c6cccs6)cccc5[nH]4)c3c2F)c1. The van der Waals surface area contributed by atoms with Crippen LogP contribution in [0.15, 0.2) is 60.4 Å². The molecule has 6 aromatic rings. The number of pyridine rings is 2. The number of imidazole rings is 1. The maximum Gasteiger partial charge on any atom is 0.161 e. The van der Waals surface area contributed by atoms with Gasteiger partial charge in [-0.2, -0.15) is 5.10 Å². The highest BCUT2D eigenvalue weighted by molar-refractivity contribution is 7.13. The van der Waals surface area contributed by atoms with E-state index in [1.807, 2.05) is 54.7 Å². The fraction of sp³-hybridized carbons (Fsp3) is 0.0833. The summed E-state index contributed by atoms with van der Waals surface area (Å²) in [5.41, 5.74) is 5.30. The van der Waals surface area contributed by atoms with Crippen LogP contribution in [-0.4, -0.2) is 44.2 Å². The van der Waals surface area contributed by atoms with E-state index in [9.17, 15) is 0 Å². The number of fused-ring (bicyclic) bond motifs is 2. The first-order valence-corrected chi connectivity index (χ1v) is 11.2. The fourth-order valence-electron chi connectivity index (χ4n) is 3.92. The first-order chi connectivity index (χ1) is 16.1. The van der Waals surface area contributed by atoms with Crippen LogP contribution in [-0.2, 0) is 0 Å². The van der Waals surface area contributed by atoms with Gasteiger partial charge in [-0.05, 0) is 23.6 Å². The third kappa shape index (κ3) is 3.16. The third-order valence-corrected chi connectivity index (χ3v) is 6.48. The number of aromatic amines is 2. The van der Waals surface area contributed by atoms with Crippen LogP contribution in [0.25, 0.3) is 55.2 Å². The number of hydrogen-bond acceptors (Lipinski definition) is 6. The number of H-pyrrole nitrogens is 2. The first kappa shape index (κ1) is 19.6. The van der Waals surface area contributed by atoms with E-state index >= 15 is 4.39 Å². The number of hydrogen-bond donors (Lipinski definition) is 2. The highest BCUT2D eigenvalue weighted by Gasteiger charge is 2.21. The lowest BCUT2D eigenvalue weighted by molar-refractivity contribution is 0.638. The smallest absolute Gasteiger partial charge is 0.161 e. The summed E-state index contributed by atoms with van der Waals surface area (Å²) >= 11 is 1.65. The van der Waals surface area contributed by atoms with Crippen molar-refractivity contribution in [3.63, 3.8) is 0 Å². The predicted octanol–water partition coefficient (Wildman–Crippen LogP) is 5.50. The van der Waals surface area contributed by atoms with Crippen molar-refractivity contribution in [2.75, 3.05) is 19.0 Å². The normalized spacial score (nSPS) is 11.5. The molecule has 0 aliphatic heterocycles. The van der Waals surface area contributed by atoms with Gasteiger partial charge in [0, 0.05) is 36.3 Å². The molecule has 1 aromatic carbocycles. The largest absolute Gasteiger partial charge is 0.376 e. The van der Waals surface area contributed by atoms with Gasteiger partial charge in [-0.15, -0.1) is 11.3 Å². The third-order valence-electron chi connectivity index (χ3n) is 5.58. The number of rotatable bonds is 4. The molecule has 0 radical (unpaired) electrons. The maximum atomic E-state index is 15.8. The number of aromatic nitrogens is 6. The summed E-state index contributed by atoms with van der Waals surface area (Å²) in [6.45, 7) is 0. The van der Waals surface area contributed by atoms with Gasteiger partial charge in [0.2, 0.25) is 0 Å². The quantitative estimate of drug-likeness (QED) is 0.367. The second-order valence-corrected chi connectivity index (χ2v) is 8.82. The van der Waals surface area contributed by atoms with Crippen LogP contribution in [0, 0.1) is 5.82 Å². The average molecular weight is 456 g/mol. The monoisotopic (exact) mass is 455 g/mol. The molecular weight excluding hydrogens is 437 g/mol. The van der Waals surface area contributed by atoms with Gasteiger partial charge in [0.15, 0.2) is 11.6 Å². The molecule has 0 amide bonds. The second kappa shape index (κ2) is 7.49. The van der Waals surface area contributed by atoms with Crippen LogP contribution in [0.2, 0.25) is 0 Å². The molecule has 0 unspecified atom stereocenters. The lowest BCUT2D eigenvalue weighted by Gasteiger charge is -2.13. The fourth-order valence-corrected chi connectivity index (χ4v) is 4.68. The van der Waals surface area contributed by atoms with E-state index in [4.69, 9.17) is 4.98 Å². The Labute approximate surface area is 192 Å². The van der Waals surface area contributed by atoms with Gasteiger partial charge >= 0.3 is 0 Å². The molecule has 5 heterocycles. The molecule has 0 atom stereocenters. The Hall–Kier alpha value is -4.11. The molecule has 0 aliphatic rings. The van der Waals surface area contributed by atoms with Crippen LogP contribution >= 0.6 is 11.3 Å². The van der Waals surface area contributed by atoms with E-state index in [1.54, 1.807) is 29.9 Å². The van der Waals surface area contributed by atoms with Gasteiger partial charge in [-0.1, -0.05) is 18.2 Å². The molecule has 5 aromatic heterocycles. The van der Waals surface area contributed by atoms with Crippen LogP contribution in [0.4, 0.5) is 10.1 Å². The Morgan fingerprint density at radius 3 is 2.73 bits per heavy atom. The van der Waals surface area contributed by atoms with E-state index < -0.39 is 5.82 Å². The Balaban J connectivity index is 1.53. The maximum absolute atomic E-state index is 15.8. The molecule has 2 N–H and O–H groups in total. The van der Waals surface area contributed by atoms with Crippen molar-refractivity contribution in [1.29, 1.82) is 0 Å². The standard InChI is InChI=1S/C24H18FN7S/c1-32(2)14-9-13(10-26-11-14)21-20(25)19-17(12-27-21)30-31-23(19)24-28-16-6-3-5-15(22(16)29-24)18-7-4-8-33-18/h3-12H,1-2H3,(H,28,29)(H,30,31). The molecule has 162 valence electrons. The number of para-hydroxylation sites is 1. The van der Waals surface area contributed by atoms with Gasteiger partial charge in [0.05, 0.1) is 40.0 Å². The lowest BCUT2D eigenvalue weighted by Crippen LogP contribution is -2.09. The number of benzene rings is 1. The van der Waals surface area contributed by atoms with E-state index in [0.29, 0.717) is 28.0 Å². The highest BCUT2D eigenvalue weighted by Crippen LogP contribution is 2.35. The van der Waals surface area contributed by atoms with Crippen LogP contribution in [0.5, 0.6) is 0 Å². The van der Waals surface area contributed by atoms with Gasteiger partial charge < -0.3 is 9.88 Å². The number of halogens is 1. The average Bonchev–Trinajstić information content (AvgIpc) is 3.58. The van der Waals surface area contributed by atoms with Crippen molar-refractivity contribution in [3.8, 4) is 33.2 Å².